The van der Waals surface area contributed by atoms with Crippen molar-refractivity contribution in [1.29, 1.82) is 0 Å². The minimum atomic E-state index is -0.750. The fourth-order valence-electron chi connectivity index (χ4n) is 1.89. The second kappa shape index (κ2) is 7.01. The molecule has 1 aromatic carbocycles. The predicted octanol–water partition coefficient (Wildman–Crippen LogP) is 1.56. The lowest BCUT2D eigenvalue weighted by molar-refractivity contribution is -0.117. The molecule has 23 heavy (non-hydrogen) atoms. The van der Waals surface area contributed by atoms with E-state index >= 15 is 0 Å². The zero-order valence-corrected chi connectivity index (χ0v) is 13.2. The van der Waals surface area contributed by atoms with Gasteiger partial charge in [-0.15, -0.1) is 0 Å². The Morgan fingerprint density at radius 3 is 2.30 bits per heavy atom. The molecular weight excluding hydrogens is 324 g/mol. The number of benzene rings is 1. The number of nitrogens with zero attached hydrogens (tertiary/aromatic N) is 1. The third-order valence-corrected chi connectivity index (χ3v) is 3.23. The molecule has 0 atom stereocenters. The molecule has 1 aromatic rings. The molecule has 0 unspecified atom stereocenters. The summed E-state index contributed by atoms with van der Waals surface area (Å²) in [6.07, 6.45) is -0.750. The minimum Gasteiger partial charge on any atom is -0.448 e. The third-order valence-electron chi connectivity index (χ3n) is 2.98. The Morgan fingerprint density at radius 2 is 1.78 bits per heavy atom. The number of carbonyl (C=O) groups excluding carboxylic acids is 3. The van der Waals surface area contributed by atoms with Crippen LogP contribution < -0.4 is 16.3 Å². The molecule has 1 heterocycles. The lowest BCUT2D eigenvalue weighted by Crippen LogP contribution is -2.37. The molecule has 9 heteroatoms. The summed E-state index contributed by atoms with van der Waals surface area (Å²) in [6, 6.07) is 6.54. The molecule has 1 aliphatic heterocycles. The van der Waals surface area contributed by atoms with Gasteiger partial charge in [0.15, 0.2) is 0 Å². The van der Waals surface area contributed by atoms with E-state index in [1.54, 1.807) is 31.2 Å². The van der Waals surface area contributed by atoms with Crippen LogP contribution in [0.2, 0.25) is 5.02 Å². The van der Waals surface area contributed by atoms with Crippen molar-refractivity contribution in [2.45, 2.75) is 13.8 Å². The standard InChI is InChI=1S/C14H15ClN4O4/c1-3-23-14(22)19(18-10-6-4-9(15)5-7-10)8(2)11-12(20)16-17-13(11)21/h4-7,18H,3H2,1-2H3,(H,16,20)(H,17,21). The number of anilines is 1. The van der Waals surface area contributed by atoms with Gasteiger partial charge in [-0.25, -0.2) is 4.79 Å². The first kappa shape index (κ1) is 16.6. The molecular formula is C14H15ClN4O4. The van der Waals surface area contributed by atoms with Crippen LogP contribution >= 0.6 is 11.6 Å². The van der Waals surface area contributed by atoms with E-state index in [2.05, 4.69) is 16.3 Å². The maximum absolute atomic E-state index is 12.1. The Morgan fingerprint density at radius 1 is 1.22 bits per heavy atom. The molecule has 3 amide bonds. The van der Waals surface area contributed by atoms with E-state index in [4.69, 9.17) is 16.3 Å². The van der Waals surface area contributed by atoms with Crippen LogP contribution in [0.15, 0.2) is 35.5 Å². The summed E-state index contributed by atoms with van der Waals surface area (Å²) >= 11 is 5.82. The largest absolute Gasteiger partial charge is 0.448 e. The number of hydrazine groups is 2. The van der Waals surface area contributed by atoms with Gasteiger partial charge in [0.2, 0.25) is 0 Å². The number of hydrogen-bond acceptors (Lipinski definition) is 5. The van der Waals surface area contributed by atoms with Crippen molar-refractivity contribution < 1.29 is 19.1 Å². The number of amides is 3. The highest BCUT2D eigenvalue weighted by Gasteiger charge is 2.32. The molecule has 122 valence electrons. The van der Waals surface area contributed by atoms with Gasteiger partial charge in [-0.2, -0.15) is 5.01 Å². The number of halogens is 1. The van der Waals surface area contributed by atoms with E-state index in [9.17, 15) is 14.4 Å². The van der Waals surface area contributed by atoms with E-state index in [1.807, 2.05) is 0 Å². The van der Waals surface area contributed by atoms with Crippen LogP contribution in [0.25, 0.3) is 0 Å². The zero-order chi connectivity index (χ0) is 17.0. The quantitative estimate of drug-likeness (QED) is 0.439. The van der Waals surface area contributed by atoms with Gasteiger partial charge < -0.3 is 4.74 Å². The van der Waals surface area contributed by atoms with Crippen molar-refractivity contribution >= 4 is 35.2 Å². The Balaban J connectivity index is 2.36. The smallest absolute Gasteiger partial charge is 0.433 e. The number of rotatable bonds is 4. The molecule has 0 saturated carbocycles. The fourth-order valence-corrected chi connectivity index (χ4v) is 2.02. The summed E-state index contributed by atoms with van der Waals surface area (Å²) in [5, 5.41) is 1.52. The van der Waals surface area contributed by atoms with Crippen LogP contribution in [-0.2, 0) is 14.3 Å². The van der Waals surface area contributed by atoms with Gasteiger partial charge in [-0.1, -0.05) is 11.6 Å². The Labute approximate surface area is 137 Å². The molecule has 8 nitrogen and oxygen atoms in total. The minimum absolute atomic E-state index is 0.103. The second-order valence-corrected chi connectivity index (χ2v) is 4.96. The molecule has 0 bridgehead atoms. The summed E-state index contributed by atoms with van der Waals surface area (Å²) in [6.45, 7) is 3.24. The second-order valence-electron chi connectivity index (χ2n) is 4.52. The SMILES string of the molecule is CCOC(=O)N(Nc1ccc(Cl)cc1)C(C)=C1C(=O)NNC1=O. The van der Waals surface area contributed by atoms with E-state index in [0.717, 1.165) is 5.01 Å². The van der Waals surface area contributed by atoms with Gasteiger partial charge >= 0.3 is 6.09 Å². The van der Waals surface area contributed by atoms with E-state index in [-0.39, 0.29) is 17.9 Å². The molecule has 0 aromatic heterocycles. The summed E-state index contributed by atoms with van der Waals surface area (Å²) in [5.74, 6) is -1.25. The van der Waals surface area contributed by atoms with Crippen molar-refractivity contribution in [1.82, 2.24) is 15.9 Å². The Kier molecular flexibility index (Phi) is 5.07. The first-order valence-corrected chi connectivity index (χ1v) is 7.12. The van der Waals surface area contributed by atoms with Gasteiger partial charge in [0.1, 0.15) is 5.57 Å². The molecule has 3 N–H and O–H groups in total. The lowest BCUT2D eigenvalue weighted by atomic mass is 10.2. The molecule has 1 saturated heterocycles. The highest BCUT2D eigenvalue weighted by Crippen LogP contribution is 2.19. The van der Waals surface area contributed by atoms with Crippen LogP contribution in [0.3, 0.4) is 0 Å². The lowest BCUT2D eigenvalue weighted by Gasteiger charge is -2.24. The Hall–Kier alpha value is -2.74. The summed E-state index contributed by atoms with van der Waals surface area (Å²) < 4.78 is 4.95. The summed E-state index contributed by atoms with van der Waals surface area (Å²) in [4.78, 5) is 35.6. The topological polar surface area (TPSA) is 99.8 Å². The van der Waals surface area contributed by atoms with Crippen molar-refractivity contribution in [2.75, 3.05) is 12.0 Å². The van der Waals surface area contributed by atoms with E-state index in [1.165, 1.54) is 6.92 Å². The maximum atomic E-state index is 12.1. The molecule has 1 aliphatic rings. The van der Waals surface area contributed by atoms with Crippen LogP contribution in [0.5, 0.6) is 0 Å². The molecule has 1 fully saturated rings. The third kappa shape index (κ3) is 3.72. The van der Waals surface area contributed by atoms with Crippen molar-refractivity contribution in [2.24, 2.45) is 0 Å². The number of hydrogen-bond donors (Lipinski definition) is 3. The van der Waals surface area contributed by atoms with Gasteiger partial charge in [0.25, 0.3) is 11.8 Å². The normalized spacial score (nSPS) is 13.3. The summed E-state index contributed by atoms with van der Waals surface area (Å²) in [5.41, 5.74) is 7.60. The van der Waals surface area contributed by atoms with Crippen molar-refractivity contribution in [3.63, 3.8) is 0 Å². The van der Waals surface area contributed by atoms with Crippen LogP contribution in [0.1, 0.15) is 13.8 Å². The van der Waals surface area contributed by atoms with Gasteiger partial charge in [0.05, 0.1) is 18.0 Å². The van der Waals surface area contributed by atoms with Gasteiger partial charge in [0, 0.05) is 5.02 Å². The first-order valence-electron chi connectivity index (χ1n) is 6.74. The number of nitrogens with one attached hydrogen (secondary N) is 3. The average Bonchev–Trinajstić information content (AvgIpc) is 2.85. The predicted molar refractivity (Wildman–Crippen MR) is 82.9 cm³/mol. The molecule has 0 spiro atoms. The maximum Gasteiger partial charge on any atom is 0.433 e. The van der Waals surface area contributed by atoms with E-state index in [0.29, 0.717) is 10.7 Å². The highest BCUT2D eigenvalue weighted by atomic mass is 35.5. The van der Waals surface area contributed by atoms with Gasteiger partial charge in [-0.3, -0.25) is 25.9 Å². The van der Waals surface area contributed by atoms with Crippen LogP contribution in [-0.4, -0.2) is 29.5 Å². The van der Waals surface area contributed by atoms with E-state index < -0.39 is 17.9 Å². The number of carbonyl (C=O) groups is 3. The van der Waals surface area contributed by atoms with Crippen molar-refractivity contribution in [3.05, 3.63) is 40.6 Å². The summed E-state index contributed by atoms with van der Waals surface area (Å²) in [7, 11) is 0. The van der Waals surface area contributed by atoms with Crippen LogP contribution in [0.4, 0.5) is 10.5 Å². The monoisotopic (exact) mass is 338 g/mol. The van der Waals surface area contributed by atoms with Crippen molar-refractivity contribution in [3.8, 4) is 0 Å². The number of allylic oxidation sites excluding steroid dienone is 1. The fraction of sp³-hybridized carbons (Fsp3) is 0.214. The highest BCUT2D eigenvalue weighted by molar-refractivity contribution is 6.30. The zero-order valence-electron chi connectivity index (χ0n) is 12.5. The number of ether oxygens (including phenoxy) is 1. The molecule has 0 radical (unpaired) electrons. The molecule has 0 aliphatic carbocycles. The first-order chi connectivity index (χ1) is 10.9. The Bertz CT molecular complexity index is 654. The molecule has 2 rings (SSSR count). The average molecular weight is 339 g/mol. The van der Waals surface area contributed by atoms with Crippen LogP contribution in [0, 0.1) is 0 Å². The van der Waals surface area contributed by atoms with Gasteiger partial charge in [-0.05, 0) is 38.1 Å².